The predicted molar refractivity (Wildman–Crippen MR) is 103 cm³/mol. The molecule has 0 saturated heterocycles. The van der Waals surface area contributed by atoms with Gasteiger partial charge in [-0.05, 0) is 13.3 Å². The zero-order valence-corrected chi connectivity index (χ0v) is 17.8. The molecular weight excluding hydrogens is 386 g/mol. The Kier molecular flexibility index (Phi) is 7.93. The van der Waals surface area contributed by atoms with Gasteiger partial charge < -0.3 is 14.7 Å². The van der Waals surface area contributed by atoms with Crippen molar-refractivity contribution in [2.75, 3.05) is 33.0 Å². The first kappa shape index (κ1) is 22.7. The molecule has 1 aliphatic rings. The number of aliphatic hydroxyl groups is 1. The molecule has 0 bridgehead atoms. The number of aliphatic hydroxyl groups excluding tert-OH is 1. The van der Waals surface area contributed by atoms with Crippen molar-refractivity contribution in [2.45, 2.75) is 52.0 Å². The van der Waals surface area contributed by atoms with E-state index in [0.717, 1.165) is 11.9 Å². The molecule has 3 atom stereocenters. The number of likely N-dealkylation sites (N-methyl/N-ethyl adjacent to an activating group) is 1. The summed E-state index contributed by atoms with van der Waals surface area (Å²) in [4.78, 5) is 14.4. The van der Waals surface area contributed by atoms with Crippen LogP contribution in [0.2, 0.25) is 0 Å². The fraction of sp³-hybridized carbons (Fsp3) is 0.824. The lowest BCUT2D eigenvalue weighted by Crippen LogP contribution is -2.47. The van der Waals surface area contributed by atoms with Crippen LogP contribution in [0, 0.1) is 5.92 Å². The molecule has 10 nitrogen and oxygen atoms in total. The molecular formula is C17H31N5O5S. The summed E-state index contributed by atoms with van der Waals surface area (Å²) in [6, 6.07) is -0.326. The van der Waals surface area contributed by atoms with Gasteiger partial charge in [0.25, 0.3) is 0 Å². The molecule has 2 rings (SSSR count). The van der Waals surface area contributed by atoms with Gasteiger partial charge >= 0.3 is 0 Å². The van der Waals surface area contributed by atoms with Gasteiger partial charge in [0, 0.05) is 39.0 Å². The maximum atomic E-state index is 12.7. The summed E-state index contributed by atoms with van der Waals surface area (Å²) in [6.45, 7) is 4.91. The zero-order valence-electron chi connectivity index (χ0n) is 17.0. The van der Waals surface area contributed by atoms with Crippen LogP contribution in [0.25, 0.3) is 0 Å². The van der Waals surface area contributed by atoms with Gasteiger partial charge in [-0.1, -0.05) is 12.1 Å². The number of sulfonamides is 1. The van der Waals surface area contributed by atoms with Gasteiger partial charge in [-0.2, -0.15) is 0 Å². The minimum absolute atomic E-state index is 0.0501. The molecule has 1 aromatic rings. The van der Waals surface area contributed by atoms with Crippen molar-refractivity contribution in [3.8, 4) is 0 Å². The molecule has 0 aromatic carbocycles. The van der Waals surface area contributed by atoms with E-state index in [0.29, 0.717) is 25.9 Å². The van der Waals surface area contributed by atoms with Gasteiger partial charge in [-0.3, -0.25) is 4.79 Å². The van der Waals surface area contributed by atoms with Crippen LogP contribution in [0.3, 0.4) is 0 Å². The van der Waals surface area contributed by atoms with Crippen LogP contribution in [-0.4, -0.2) is 88.8 Å². The van der Waals surface area contributed by atoms with Crippen LogP contribution in [0.5, 0.6) is 0 Å². The maximum absolute atomic E-state index is 12.7. The first-order valence-electron chi connectivity index (χ1n) is 9.44. The van der Waals surface area contributed by atoms with Gasteiger partial charge in [0.05, 0.1) is 43.5 Å². The van der Waals surface area contributed by atoms with E-state index in [-0.39, 0.29) is 37.6 Å². The number of fused-ring (bicyclic) bond motifs is 1. The Morgan fingerprint density at radius 1 is 1.46 bits per heavy atom. The Morgan fingerprint density at radius 2 is 2.18 bits per heavy atom. The third-order valence-corrected chi connectivity index (χ3v) is 6.42. The first-order valence-corrected chi connectivity index (χ1v) is 11.3. The molecule has 0 fully saturated rings. The summed E-state index contributed by atoms with van der Waals surface area (Å²) in [5, 5.41) is 17.5. The number of aryl methyl sites for hydroxylation is 1. The molecule has 160 valence electrons. The number of rotatable bonds is 5. The molecule has 1 aliphatic heterocycles. The van der Waals surface area contributed by atoms with E-state index in [1.54, 1.807) is 22.7 Å². The highest BCUT2D eigenvalue weighted by molar-refractivity contribution is 7.88. The molecule has 0 unspecified atom stereocenters. The van der Waals surface area contributed by atoms with E-state index < -0.39 is 16.1 Å². The van der Waals surface area contributed by atoms with Crippen LogP contribution in [0.15, 0.2) is 6.20 Å². The SMILES string of the molecule is C[C@H](CO)N1C[C@H](C)[C@@H](CN(C)S(C)(=O)=O)OCc2cnnn2CCCC1=O. The topological polar surface area (TPSA) is 118 Å². The number of aromatic nitrogens is 3. The summed E-state index contributed by atoms with van der Waals surface area (Å²) in [5.41, 5.74) is 0.785. The highest BCUT2D eigenvalue weighted by atomic mass is 32.2. The second-order valence-electron chi connectivity index (χ2n) is 7.50. The minimum Gasteiger partial charge on any atom is -0.394 e. The molecule has 1 aromatic heterocycles. The largest absolute Gasteiger partial charge is 0.394 e. The molecule has 0 aliphatic carbocycles. The summed E-state index contributed by atoms with van der Waals surface area (Å²) in [6.07, 6.45) is 3.28. The standard InChI is InChI=1S/C17H31N5O5S/c1-13-9-21(14(2)11-23)17(24)6-5-7-22-15(8-18-19-22)12-27-16(13)10-20(3)28(4,25)26/h8,13-14,16,23H,5-7,9-12H2,1-4H3/t13-,14+,16+/m0/s1. The maximum Gasteiger partial charge on any atom is 0.222 e. The van der Waals surface area contributed by atoms with Gasteiger partial charge in [0.2, 0.25) is 15.9 Å². The monoisotopic (exact) mass is 417 g/mol. The highest BCUT2D eigenvalue weighted by Crippen LogP contribution is 2.18. The average Bonchev–Trinajstić information content (AvgIpc) is 3.07. The Hall–Kier alpha value is -1.56. The Balaban J connectivity index is 2.29. The number of amides is 1. The molecule has 11 heteroatoms. The lowest BCUT2D eigenvalue weighted by atomic mass is 10.0. The van der Waals surface area contributed by atoms with Crippen molar-refractivity contribution < 1.29 is 23.1 Å². The van der Waals surface area contributed by atoms with Crippen LogP contribution in [0.1, 0.15) is 32.4 Å². The van der Waals surface area contributed by atoms with Crippen molar-refractivity contribution in [1.82, 2.24) is 24.2 Å². The fourth-order valence-electron chi connectivity index (χ4n) is 3.13. The average molecular weight is 418 g/mol. The predicted octanol–water partition coefficient (Wildman–Crippen LogP) is -0.306. The van der Waals surface area contributed by atoms with Gasteiger partial charge in [0.1, 0.15) is 0 Å². The third kappa shape index (κ3) is 5.97. The van der Waals surface area contributed by atoms with Crippen LogP contribution < -0.4 is 0 Å². The normalized spacial score (nSPS) is 23.8. The Bertz CT molecular complexity index is 753. The minimum atomic E-state index is -3.37. The van der Waals surface area contributed by atoms with Crippen molar-refractivity contribution in [2.24, 2.45) is 5.92 Å². The molecule has 0 saturated carbocycles. The smallest absolute Gasteiger partial charge is 0.222 e. The fourth-order valence-corrected chi connectivity index (χ4v) is 3.55. The number of ether oxygens (including phenoxy) is 1. The van der Waals surface area contributed by atoms with Crippen LogP contribution in [-0.2, 0) is 32.7 Å². The lowest BCUT2D eigenvalue weighted by molar-refractivity contribution is -0.136. The number of hydrogen-bond acceptors (Lipinski definition) is 7. The Labute approximate surface area is 166 Å². The summed E-state index contributed by atoms with van der Waals surface area (Å²) < 4.78 is 32.8. The number of carbonyl (C=O) groups excluding carboxylic acids is 1. The molecule has 28 heavy (non-hydrogen) atoms. The second-order valence-corrected chi connectivity index (χ2v) is 9.59. The van der Waals surface area contributed by atoms with E-state index in [1.165, 1.54) is 11.4 Å². The number of carbonyl (C=O) groups is 1. The third-order valence-electron chi connectivity index (χ3n) is 5.14. The molecule has 0 spiro atoms. The number of hydrogen-bond donors (Lipinski definition) is 1. The van der Waals surface area contributed by atoms with Crippen molar-refractivity contribution >= 4 is 15.9 Å². The molecule has 1 amide bonds. The van der Waals surface area contributed by atoms with Crippen LogP contribution in [0.4, 0.5) is 0 Å². The second kappa shape index (κ2) is 9.77. The summed E-state index contributed by atoms with van der Waals surface area (Å²) >= 11 is 0. The quantitative estimate of drug-likeness (QED) is 0.698. The number of nitrogens with zero attached hydrogens (tertiary/aromatic N) is 5. The molecule has 0 radical (unpaired) electrons. The van der Waals surface area contributed by atoms with E-state index in [9.17, 15) is 18.3 Å². The lowest BCUT2D eigenvalue weighted by Gasteiger charge is -2.35. The van der Waals surface area contributed by atoms with E-state index in [1.807, 2.05) is 6.92 Å². The van der Waals surface area contributed by atoms with E-state index in [2.05, 4.69) is 10.3 Å². The summed E-state index contributed by atoms with van der Waals surface area (Å²) in [7, 11) is -1.86. The summed E-state index contributed by atoms with van der Waals surface area (Å²) in [5.74, 6) is -0.197. The van der Waals surface area contributed by atoms with Crippen LogP contribution >= 0.6 is 0 Å². The Morgan fingerprint density at radius 3 is 2.82 bits per heavy atom. The highest BCUT2D eigenvalue weighted by Gasteiger charge is 2.29. The first-order chi connectivity index (χ1) is 13.1. The molecule has 1 N–H and O–H groups in total. The zero-order chi connectivity index (χ0) is 20.9. The van der Waals surface area contributed by atoms with Crippen molar-refractivity contribution in [1.29, 1.82) is 0 Å². The van der Waals surface area contributed by atoms with E-state index >= 15 is 0 Å². The van der Waals surface area contributed by atoms with Crippen molar-refractivity contribution in [3.05, 3.63) is 11.9 Å². The molecule has 2 heterocycles. The van der Waals surface area contributed by atoms with Crippen molar-refractivity contribution in [3.63, 3.8) is 0 Å². The van der Waals surface area contributed by atoms with Gasteiger partial charge in [0.15, 0.2) is 0 Å². The van der Waals surface area contributed by atoms with Gasteiger partial charge in [-0.25, -0.2) is 17.4 Å². The van der Waals surface area contributed by atoms with Gasteiger partial charge in [-0.15, -0.1) is 5.10 Å². The van der Waals surface area contributed by atoms with E-state index in [4.69, 9.17) is 4.74 Å².